The highest BCUT2D eigenvalue weighted by molar-refractivity contribution is 5.85. The molecule has 0 amide bonds. The maximum atomic E-state index is 3.45. The molecule has 2 aliphatic rings. The minimum atomic E-state index is 0. The van der Waals surface area contributed by atoms with Crippen LogP contribution < -0.4 is 5.32 Å². The van der Waals surface area contributed by atoms with E-state index < -0.39 is 0 Å². The second-order valence-electron chi connectivity index (χ2n) is 5.75. The first-order valence-electron chi connectivity index (χ1n) is 6.69. The highest BCUT2D eigenvalue weighted by atomic mass is 35.5. The molecule has 0 spiro atoms. The largest absolute Gasteiger partial charge is 0.317 e. The zero-order valence-corrected chi connectivity index (χ0v) is 11.6. The summed E-state index contributed by atoms with van der Waals surface area (Å²) in [6.45, 7) is 11.3. The summed E-state index contributed by atoms with van der Waals surface area (Å²) >= 11 is 0. The average molecular weight is 247 g/mol. The van der Waals surface area contributed by atoms with Crippen molar-refractivity contribution in [2.45, 2.75) is 33.1 Å². The van der Waals surface area contributed by atoms with E-state index in [1.54, 1.807) is 0 Å². The summed E-state index contributed by atoms with van der Waals surface area (Å²) in [6.07, 6.45) is 4.22. The number of nitrogens with zero attached hydrogens (tertiary/aromatic N) is 1. The van der Waals surface area contributed by atoms with Gasteiger partial charge >= 0.3 is 0 Å². The van der Waals surface area contributed by atoms with Crippen molar-refractivity contribution in [2.24, 2.45) is 17.8 Å². The highest BCUT2D eigenvalue weighted by Gasteiger charge is 2.26. The van der Waals surface area contributed by atoms with E-state index >= 15 is 0 Å². The first-order chi connectivity index (χ1) is 7.25. The van der Waals surface area contributed by atoms with E-state index in [0.717, 1.165) is 17.8 Å². The molecular formula is C13H27ClN2. The fraction of sp³-hybridized carbons (Fsp3) is 1.00. The number of nitrogens with one attached hydrogen (secondary N) is 1. The van der Waals surface area contributed by atoms with Gasteiger partial charge in [0.05, 0.1) is 0 Å². The maximum Gasteiger partial charge on any atom is 0.00127 e. The topological polar surface area (TPSA) is 15.3 Å². The molecule has 3 heteroatoms. The monoisotopic (exact) mass is 246 g/mol. The van der Waals surface area contributed by atoms with Crippen LogP contribution in [-0.4, -0.2) is 37.6 Å². The number of piperidine rings is 1. The molecule has 2 rings (SSSR count). The normalized spacial score (nSPS) is 28.3. The predicted octanol–water partition coefficient (Wildman–Crippen LogP) is 2.39. The molecule has 0 bridgehead atoms. The molecule has 96 valence electrons. The standard InChI is InChI=1S/C13H26N2.ClH/c1-11(2)13-5-8-15(10-13)9-12-3-6-14-7-4-12;/h11-14H,3-10H2,1-2H3;1H. The Balaban J connectivity index is 0.00000128. The Bertz CT molecular complexity index is 190. The van der Waals surface area contributed by atoms with Gasteiger partial charge in [0.15, 0.2) is 0 Å². The smallest absolute Gasteiger partial charge is 0.00127 e. The van der Waals surface area contributed by atoms with Gasteiger partial charge in [-0.15, -0.1) is 12.4 Å². The van der Waals surface area contributed by atoms with Gasteiger partial charge in [-0.25, -0.2) is 0 Å². The first-order valence-corrected chi connectivity index (χ1v) is 6.69. The van der Waals surface area contributed by atoms with Gasteiger partial charge < -0.3 is 10.2 Å². The van der Waals surface area contributed by atoms with Crippen LogP contribution in [0.4, 0.5) is 0 Å². The van der Waals surface area contributed by atoms with Crippen molar-refractivity contribution in [3.63, 3.8) is 0 Å². The second kappa shape index (κ2) is 6.83. The van der Waals surface area contributed by atoms with E-state index in [2.05, 4.69) is 24.1 Å². The number of likely N-dealkylation sites (tertiary alicyclic amines) is 1. The molecule has 1 N–H and O–H groups in total. The molecule has 0 saturated carbocycles. The maximum absolute atomic E-state index is 3.45. The zero-order chi connectivity index (χ0) is 10.7. The minimum Gasteiger partial charge on any atom is -0.317 e. The zero-order valence-electron chi connectivity index (χ0n) is 10.7. The predicted molar refractivity (Wildman–Crippen MR) is 72.2 cm³/mol. The van der Waals surface area contributed by atoms with Gasteiger partial charge in [0.2, 0.25) is 0 Å². The summed E-state index contributed by atoms with van der Waals surface area (Å²) < 4.78 is 0. The Morgan fingerprint density at radius 3 is 2.44 bits per heavy atom. The minimum absolute atomic E-state index is 0. The molecule has 2 heterocycles. The number of hydrogen-bond donors (Lipinski definition) is 1. The summed E-state index contributed by atoms with van der Waals surface area (Å²) in [5.74, 6) is 2.81. The third kappa shape index (κ3) is 3.90. The molecule has 0 aliphatic carbocycles. The Kier molecular flexibility index (Phi) is 6.09. The molecule has 16 heavy (non-hydrogen) atoms. The molecule has 2 saturated heterocycles. The Morgan fingerprint density at radius 1 is 1.19 bits per heavy atom. The molecule has 0 radical (unpaired) electrons. The molecular weight excluding hydrogens is 220 g/mol. The number of rotatable bonds is 3. The van der Waals surface area contributed by atoms with Crippen LogP contribution in [0.1, 0.15) is 33.1 Å². The summed E-state index contributed by atoms with van der Waals surface area (Å²) in [5.41, 5.74) is 0. The lowest BCUT2D eigenvalue weighted by molar-refractivity contribution is 0.228. The Morgan fingerprint density at radius 2 is 1.88 bits per heavy atom. The van der Waals surface area contributed by atoms with Crippen molar-refractivity contribution in [2.75, 3.05) is 32.7 Å². The number of hydrogen-bond acceptors (Lipinski definition) is 2. The molecule has 0 aromatic heterocycles. The lowest BCUT2D eigenvalue weighted by atomic mass is 9.95. The van der Waals surface area contributed by atoms with Crippen molar-refractivity contribution in [1.29, 1.82) is 0 Å². The molecule has 2 aliphatic heterocycles. The van der Waals surface area contributed by atoms with Gasteiger partial charge in [0, 0.05) is 13.1 Å². The van der Waals surface area contributed by atoms with Crippen LogP contribution in [0.5, 0.6) is 0 Å². The van der Waals surface area contributed by atoms with Gasteiger partial charge in [0.1, 0.15) is 0 Å². The average Bonchev–Trinajstić information content (AvgIpc) is 2.68. The Hall–Kier alpha value is 0.210. The summed E-state index contributed by atoms with van der Waals surface area (Å²) in [4.78, 5) is 2.71. The van der Waals surface area contributed by atoms with Crippen molar-refractivity contribution in [3.8, 4) is 0 Å². The van der Waals surface area contributed by atoms with Crippen molar-refractivity contribution in [1.82, 2.24) is 10.2 Å². The fourth-order valence-electron chi connectivity index (χ4n) is 3.00. The van der Waals surface area contributed by atoms with Gasteiger partial charge in [-0.3, -0.25) is 0 Å². The SMILES string of the molecule is CC(C)C1CCN(CC2CCNCC2)C1.Cl. The Labute approximate surface area is 107 Å². The van der Waals surface area contributed by atoms with E-state index in [1.807, 2.05) is 0 Å². The van der Waals surface area contributed by atoms with Crippen LogP contribution >= 0.6 is 12.4 Å². The second-order valence-corrected chi connectivity index (χ2v) is 5.75. The lowest BCUT2D eigenvalue weighted by Crippen LogP contribution is -2.35. The molecule has 1 unspecified atom stereocenters. The van der Waals surface area contributed by atoms with E-state index in [-0.39, 0.29) is 12.4 Å². The first kappa shape index (κ1) is 14.3. The fourth-order valence-corrected chi connectivity index (χ4v) is 3.00. The molecule has 0 aromatic rings. The summed E-state index contributed by atoms with van der Waals surface area (Å²) in [7, 11) is 0. The van der Waals surface area contributed by atoms with Crippen molar-refractivity contribution < 1.29 is 0 Å². The number of halogens is 1. The van der Waals surface area contributed by atoms with Crippen LogP contribution in [-0.2, 0) is 0 Å². The summed E-state index contributed by atoms with van der Waals surface area (Å²) in [5, 5.41) is 3.45. The van der Waals surface area contributed by atoms with E-state index in [4.69, 9.17) is 0 Å². The van der Waals surface area contributed by atoms with Gasteiger partial charge in [-0.2, -0.15) is 0 Å². The van der Waals surface area contributed by atoms with E-state index in [1.165, 1.54) is 52.0 Å². The van der Waals surface area contributed by atoms with E-state index in [9.17, 15) is 0 Å². The highest BCUT2D eigenvalue weighted by Crippen LogP contribution is 2.25. The van der Waals surface area contributed by atoms with E-state index in [0.29, 0.717) is 0 Å². The van der Waals surface area contributed by atoms with Crippen LogP contribution in [0.15, 0.2) is 0 Å². The third-order valence-electron chi connectivity index (χ3n) is 4.23. The molecule has 0 aromatic carbocycles. The van der Waals surface area contributed by atoms with Crippen molar-refractivity contribution in [3.05, 3.63) is 0 Å². The summed E-state index contributed by atoms with van der Waals surface area (Å²) in [6, 6.07) is 0. The van der Waals surface area contributed by atoms with Crippen LogP contribution in [0.25, 0.3) is 0 Å². The molecule has 2 fully saturated rings. The lowest BCUT2D eigenvalue weighted by Gasteiger charge is -2.27. The quantitative estimate of drug-likeness (QED) is 0.823. The van der Waals surface area contributed by atoms with Crippen LogP contribution in [0.3, 0.4) is 0 Å². The van der Waals surface area contributed by atoms with Gasteiger partial charge in [0.25, 0.3) is 0 Å². The van der Waals surface area contributed by atoms with Crippen LogP contribution in [0.2, 0.25) is 0 Å². The molecule has 2 nitrogen and oxygen atoms in total. The molecule has 1 atom stereocenters. The van der Waals surface area contributed by atoms with Crippen LogP contribution in [0, 0.1) is 17.8 Å². The third-order valence-corrected chi connectivity index (χ3v) is 4.23. The van der Waals surface area contributed by atoms with Gasteiger partial charge in [-0.1, -0.05) is 13.8 Å². The van der Waals surface area contributed by atoms with Crippen molar-refractivity contribution >= 4 is 12.4 Å². The van der Waals surface area contributed by atoms with Gasteiger partial charge in [-0.05, 0) is 56.7 Å².